The summed E-state index contributed by atoms with van der Waals surface area (Å²) in [5.74, 6) is 1.47. The molecule has 0 saturated carbocycles. The number of nitrogens with zero attached hydrogens (tertiary/aromatic N) is 6. The van der Waals surface area contributed by atoms with Gasteiger partial charge >= 0.3 is 0 Å². The van der Waals surface area contributed by atoms with Crippen molar-refractivity contribution in [2.45, 2.75) is 49.2 Å². The van der Waals surface area contributed by atoms with Crippen molar-refractivity contribution in [3.63, 3.8) is 0 Å². The van der Waals surface area contributed by atoms with Crippen LogP contribution in [0.1, 0.15) is 47.6 Å². The second-order valence-electron chi connectivity index (χ2n) is 14.0. The monoisotopic (exact) mass is 790 g/mol. The van der Waals surface area contributed by atoms with Gasteiger partial charge in [-0.15, -0.1) is 11.8 Å². The van der Waals surface area contributed by atoms with E-state index in [1.807, 2.05) is 76.3 Å². The van der Waals surface area contributed by atoms with E-state index >= 15 is 0 Å². The first-order chi connectivity index (χ1) is 27.8. The molecule has 0 radical (unpaired) electrons. The Morgan fingerprint density at radius 2 is 1.65 bits per heavy atom. The molecular formula is C41H42N8O7S. The molecule has 3 aromatic carbocycles. The average molecular weight is 791 g/mol. The van der Waals surface area contributed by atoms with Crippen LogP contribution in [0.3, 0.4) is 0 Å². The Morgan fingerprint density at radius 1 is 0.877 bits per heavy atom. The zero-order valence-corrected chi connectivity index (χ0v) is 32.0. The predicted molar refractivity (Wildman–Crippen MR) is 211 cm³/mol. The number of thioether (sulfide) groups is 1. The summed E-state index contributed by atoms with van der Waals surface area (Å²) in [7, 11) is 0. The average Bonchev–Trinajstić information content (AvgIpc) is 3.79. The van der Waals surface area contributed by atoms with E-state index in [9.17, 15) is 19.2 Å². The van der Waals surface area contributed by atoms with Gasteiger partial charge in [0.2, 0.25) is 17.7 Å². The molecule has 5 aromatic rings. The normalized spacial score (nSPS) is 17.3. The molecule has 15 nitrogen and oxygen atoms in total. The second-order valence-corrected chi connectivity index (χ2v) is 15.1. The van der Waals surface area contributed by atoms with Gasteiger partial charge in [-0.3, -0.25) is 24.5 Å². The standard InChI is InChI=1S/C41H42N8O7S/c42-38-36-37(26-9-11-29(12-10-26)56-28-5-2-1-3-6-28)46-49(39(36)44-25-43-38)27-15-17-47(18-16-27)35(51)24-55-20-19-54-21-22-57-33-8-4-7-30-31(33)23-48(41(30)53)32-13-14-34(50)45-40(32)52/h1-12,25,27,32H,13-24H2,(H2,42,43,44)(H,45,50,52). The maximum absolute atomic E-state index is 13.1. The molecule has 8 rings (SSSR count). The first-order valence-corrected chi connectivity index (χ1v) is 20.0. The van der Waals surface area contributed by atoms with Crippen LogP contribution in [0.25, 0.3) is 22.3 Å². The third-order valence-corrected chi connectivity index (χ3v) is 11.5. The molecule has 16 heteroatoms. The van der Waals surface area contributed by atoms with Crippen molar-refractivity contribution < 1.29 is 33.4 Å². The fraction of sp³-hybridized carbons (Fsp3) is 0.341. The first-order valence-electron chi connectivity index (χ1n) is 19.0. The number of anilines is 1. The number of aromatic nitrogens is 4. The number of benzene rings is 3. The van der Waals surface area contributed by atoms with Gasteiger partial charge in [0.05, 0.1) is 31.2 Å². The summed E-state index contributed by atoms with van der Waals surface area (Å²) < 4.78 is 19.3. The minimum atomic E-state index is -0.646. The number of ether oxygens (including phenoxy) is 3. The van der Waals surface area contributed by atoms with Crippen LogP contribution in [-0.2, 0) is 30.4 Å². The van der Waals surface area contributed by atoms with Crippen molar-refractivity contribution in [1.29, 1.82) is 0 Å². The number of fused-ring (bicyclic) bond motifs is 2. The van der Waals surface area contributed by atoms with E-state index in [4.69, 9.17) is 25.0 Å². The summed E-state index contributed by atoms with van der Waals surface area (Å²) in [5, 5.41) is 8.03. The van der Waals surface area contributed by atoms with E-state index in [-0.39, 0.29) is 43.4 Å². The number of nitrogens with one attached hydrogen (secondary N) is 1. The molecule has 3 aliphatic rings. The lowest BCUT2D eigenvalue weighted by Gasteiger charge is -2.32. The van der Waals surface area contributed by atoms with Gasteiger partial charge in [0, 0.05) is 47.8 Å². The largest absolute Gasteiger partial charge is 0.457 e. The summed E-state index contributed by atoms with van der Waals surface area (Å²) in [6, 6.07) is 22.2. The van der Waals surface area contributed by atoms with Crippen molar-refractivity contribution in [3.05, 3.63) is 90.3 Å². The van der Waals surface area contributed by atoms with Gasteiger partial charge in [-0.05, 0) is 73.4 Å². The fourth-order valence-electron chi connectivity index (χ4n) is 7.49. The van der Waals surface area contributed by atoms with Crippen molar-refractivity contribution in [2.75, 3.05) is 51.0 Å². The molecule has 1 unspecified atom stereocenters. The molecule has 0 bridgehead atoms. The van der Waals surface area contributed by atoms with Gasteiger partial charge in [-0.25, -0.2) is 14.6 Å². The van der Waals surface area contributed by atoms with E-state index in [2.05, 4.69) is 15.3 Å². The van der Waals surface area contributed by atoms with E-state index in [0.717, 1.165) is 21.8 Å². The molecule has 0 aliphatic carbocycles. The highest BCUT2D eigenvalue weighted by molar-refractivity contribution is 7.99. The van der Waals surface area contributed by atoms with Crippen molar-refractivity contribution >= 4 is 52.2 Å². The van der Waals surface area contributed by atoms with Gasteiger partial charge in [0.1, 0.15) is 42.0 Å². The minimum absolute atomic E-state index is 0.0224. The predicted octanol–water partition coefficient (Wildman–Crippen LogP) is 4.62. The van der Waals surface area contributed by atoms with Crippen LogP contribution >= 0.6 is 11.8 Å². The van der Waals surface area contributed by atoms with Gasteiger partial charge < -0.3 is 29.7 Å². The lowest BCUT2D eigenvalue weighted by molar-refractivity contribution is -0.138. The quantitative estimate of drug-likeness (QED) is 0.0906. The molecule has 57 heavy (non-hydrogen) atoms. The summed E-state index contributed by atoms with van der Waals surface area (Å²) >= 11 is 1.58. The van der Waals surface area contributed by atoms with E-state index in [1.165, 1.54) is 6.33 Å². The van der Waals surface area contributed by atoms with Gasteiger partial charge in [-0.2, -0.15) is 5.10 Å². The maximum atomic E-state index is 13.1. The minimum Gasteiger partial charge on any atom is -0.457 e. The topological polar surface area (TPSA) is 184 Å². The van der Waals surface area contributed by atoms with Gasteiger partial charge in [0.25, 0.3) is 5.91 Å². The Balaban J connectivity index is 0.768. The van der Waals surface area contributed by atoms with Gasteiger partial charge in [-0.1, -0.05) is 24.3 Å². The summed E-state index contributed by atoms with van der Waals surface area (Å²) in [4.78, 5) is 63.2. The molecule has 2 fully saturated rings. The lowest BCUT2D eigenvalue weighted by Crippen LogP contribution is -2.52. The van der Waals surface area contributed by atoms with Crippen molar-refractivity contribution in [3.8, 4) is 22.8 Å². The zero-order chi connectivity index (χ0) is 39.3. The molecule has 3 N–H and O–H groups in total. The molecule has 3 aliphatic heterocycles. The highest BCUT2D eigenvalue weighted by Gasteiger charge is 2.40. The SMILES string of the molecule is Nc1ncnc2c1c(-c1ccc(Oc3ccccc3)cc1)nn2C1CCN(C(=O)COCCOCCSc2cccc3c2CN(C2CCC(=O)NC2=O)C3=O)CC1. The number of imide groups is 1. The lowest BCUT2D eigenvalue weighted by atomic mass is 10.0. The molecular weight excluding hydrogens is 749 g/mol. The van der Waals surface area contributed by atoms with E-state index in [0.29, 0.717) is 91.7 Å². The fourth-order valence-corrected chi connectivity index (χ4v) is 8.44. The number of carbonyl (C=O) groups excluding carboxylic acids is 4. The summed E-state index contributed by atoms with van der Waals surface area (Å²) in [5.41, 5.74) is 10.1. The van der Waals surface area contributed by atoms with Crippen molar-refractivity contribution in [2.24, 2.45) is 0 Å². The number of hydrogen-bond donors (Lipinski definition) is 2. The molecule has 294 valence electrons. The van der Waals surface area contributed by atoms with E-state index < -0.39 is 11.9 Å². The van der Waals surface area contributed by atoms with E-state index in [1.54, 1.807) is 22.7 Å². The van der Waals surface area contributed by atoms with Crippen LogP contribution in [0, 0.1) is 0 Å². The highest BCUT2D eigenvalue weighted by Crippen LogP contribution is 2.36. The van der Waals surface area contributed by atoms with Crippen LogP contribution in [-0.4, -0.2) is 104 Å². The van der Waals surface area contributed by atoms with Crippen molar-refractivity contribution in [1.82, 2.24) is 34.9 Å². The zero-order valence-electron chi connectivity index (χ0n) is 31.2. The van der Waals surface area contributed by atoms with Gasteiger partial charge in [0.15, 0.2) is 5.65 Å². The molecule has 2 saturated heterocycles. The van der Waals surface area contributed by atoms with Crippen LogP contribution in [0.5, 0.6) is 11.5 Å². The first kappa shape index (κ1) is 38.1. The Kier molecular flexibility index (Phi) is 11.4. The molecule has 1 atom stereocenters. The smallest absolute Gasteiger partial charge is 0.255 e. The Morgan fingerprint density at radius 3 is 2.44 bits per heavy atom. The number of hydrogen-bond acceptors (Lipinski definition) is 12. The summed E-state index contributed by atoms with van der Waals surface area (Å²) in [6.07, 6.45) is 3.39. The Hall–Kier alpha value is -5.84. The number of nitrogen functional groups attached to an aromatic ring is 1. The maximum Gasteiger partial charge on any atom is 0.255 e. The molecule has 2 aromatic heterocycles. The Bertz CT molecular complexity index is 2280. The number of amides is 4. The summed E-state index contributed by atoms with van der Waals surface area (Å²) in [6.45, 7) is 2.50. The number of rotatable bonds is 14. The number of nitrogens with two attached hydrogens (primary N) is 1. The number of para-hydroxylation sites is 1. The van der Waals surface area contributed by atoms with Crippen LogP contribution in [0.15, 0.2) is 84.0 Å². The third kappa shape index (κ3) is 8.33. The number of carbonyl (C=O) groups is 4. The molecule has 5 heterocycles. The number of piperidine rings is 2. The highest BCUT2D eigenvalue weighted by atomic mass is 32.2. The number of likely N-dealkylation sites (tertiary alicyclic amines) is 1. The third-order valence-electron chi connectivity index (χ3n) is 10.4. The van der Waals surface area contributed by atoms with Crippen LogP contribution < -0.4 is 15.8 Å². The van der Waals surface area contributed by atoms with Crippen LogP contribution in [0.2, 0.25) is 0 Å². The molecule has 0 spiro atoms. The Labute approximate surface area is 332 Å². The second kappa shape index (κ2) is 17.1. The van der Waals surface area contributed by atoms with Crippen LogP contribution in [0.4, 0.5) is 5.82 Å². The molecule has 4 amide bonds.